The van der Waals surface area contributed by atoms with Crippen LogP contribution in [0.4, 0.5) is 4.79 Å². The molecule has 1 heterocycles. The molecule has 0 radical (unpaired) electrons. The van der Waals surface area contributed by atoms with Gasteiger partial charge in [-0.25, -0.2) is 0 Å². The summed E-state index contributed by atoms with van der Waals surface area (Å²) in [5.74, 6) is 0.0571. The van der Waals surface area contributed by atoms with Gasteiger partial charge in [0.2, 0.25) is 0 Å². The highest BCUT2D eigenvalue weighted by Crippen LogP contribution is 2.37. The molecule has 0 atom stereocenters. The molecule has 28 heavy (non-hydrogen) atoms. The van der Waals surface area contributed by atoms with Crippen LogP contribution in [0.2, 0.25) is 15.1 Å². The Hall–Kier alpha value is -1.66. The molecule has 2 aromatic rings. The molecule has 1 fully saturated rings. The van der Waals surface area contributed by atoms with Crippen LogP contribution in [0.25, 0.3) is 6.08 Å². The minimum atomic E-state index is -0.299. The van der Waals surface area contributed by atoms with Gasteiger partial charge in [0, 0.05) is 11.6 Å². The molecule has 0 unspecified atom stereocenters. The molecule has 2 aromatic carbocycles. The highest BCUT2D eigenvalue weighted by Gasteiger charge is 2.34. The van der Waals surface area contributed by atoms with Gasteiger partial charge in [0.05, 0.1) is 15.0 Å². The van der Waals surface area contributed by atoms with Gasteiger partial charge in [0.1, 0.15) is 6.61 Å². The predicted molar refractivity (Wildman–Crippen MR) is 115 cm³/mol. The van der Waals surface area contributed by atoms with E-state index in [9.17, 15) is 9.59 Å². The van der Waals surface area contributed by atoms with E-state index in [1.54, 1.807) is 30.3 Å². The van der Waals surface area contributed by atoms with Crippen LogP contribution in [0.1, 0.15) is 24.5 Å². The number of thioether (sulfide) groups is 1. The third-order valence-corrected chi connectivity index (χ3v) is 5.66. The van der Waals surface area contributed by atoms with Crippen molar-refractivity contribution >= 4 is 63.8 Å². The number of amides is 2. The van der Waals surface area contributed by atoms with Crippen LogP contribution in [-0.2, 0) is 11.4 Å². The van der Waals surface area contributed by atoms with Gasteiger partial charge in [-0.15, -0.1) is 0 Å². The average Bonchev–Trinajstić information content (AvgIpc) is 2.90. The number of hydrogen-bond donors (Lipinski definition) is 0. The lowest BCUT2D eigenvalue weighted by Gasteiger charge is -2.11. The van der Waals surface area contributed by atoms with Crippen LogP contribution in [0.5, 0.6) is 5.75 Å². The topological polar surface area (TPSA) is 46.6 Å². The molecule has 0 N–H and O–H groups in total. The molecule has 0 spiro atoms. The SMILES string of the molecule is CCCN1C(=O)S/C(=C/c2cc(Cl)c(OCc3ccc(Cl)cc3)c(Cl)c2)C1=O. The minimum Gasteiger partial charge on any atom is -0.486 e. The molecule has 0 bridgehead atoms. The second kappa shape index (κ2) is 9.23. The maximum Gasteiger partial charge on any atom is 0.293 e. The van der Waals surface area contributed by atoms with Crippen LogP contribution < -0.4 is 4.74 Å². The van der Waals surface area contributed by atoms with Crippen molar-refractivity contribution < 1.29 is 14.3 Å². The Kier molecular flexibility index (Phi) is 6.94. The fourth-order valence-corrected chi connectivity index (χ4v) is 4.21. The van der Waals surface area contributed by atoms with E-state index in [0.717, 1.165) is 17.3 Å². The molecule has 4 nitrogen and oxygen atoms in total. The number of imide groups is 1. The third kappa shape index (κ3) is 4.84. The van der Waals surface area contributed by atoms with Crippen molar-refractivity contribution in [1.82, 2.24) is 4.90 Å². The average molecular weight is 457 g/mol. The van der Waals surface area contributed by atoms with Gasteiger partial charge in [0.15, 0.2) is 5.75 Å². The second-order valence-corrected chi connectivity index (χ2v) is 8.31. The van der Waals surface area contributed by atoms with E-state index in [2.05, 4.69) is 0 Å². The molecule has 3 rings (SSSR count). The van der Waals surface area contributed by atoms with Crippen LogP contribution in [0, 0.1) is 0 Å². The number of carbonyl (C=O) groups is 2. The van der Waals surface area contributed by atoms with E-state index in [0.29, 0.717) is 44.3 Å². The molecule has 1 saturated heterocycles. The molecule has 1 aliphatic rings. The van der Waals surface area contributed by atoms with Crippen molar-refractivity contribution in [2.45, 2.75) is 20.0 Å². The Labute approximate surface area is 182 Å². The van der Waals surface area contributed by atoms with Crippen molar-refractivity contribution in [2.75, 3.05) is 6.54 Å². The van der Waals surface area contributed by atoms with Gasteiger partial charge in [-0.05, 0) is 59.7 Å². The van der Waals surface area contributed by atoms with Crippen molar-refractivity contribution in [3.63, 3.8) is 0 Å². The van der Waals surface area contributed by atoms with Crippen LogP contribution in [0.15, 0.2) is 41.3 Å². The highest BCUT2D eigenvalue weighted by atomic mass is 35.5. The minimum absolute atomic E-state index is 0.266. The van der Waals surface area contributed by atoms with E-state index in [4.69, 9.17) is 39.5 Å². The van der Waals surface area contributed by atoms with E-state index in [1.165, 1.54) is 4.90 Å². The van der Waals surface area contributed by atoms with Gasteiger partial charge >= 0.3 is 0 Å². The molecule has 146 valence electrons. The lowest BCUT2D eigenvalue weighted by molar-refractivity contribution is -0.122. The van der Waals surface area contributed by atoms with Crippen LogP contribution in [-0.4, -0.2) is 22.6 Å². The fraction of sp³-hybridized carbons (Fsp3) is 0.200. The number of benzene rings is 2. The number of halogens is 3. The molecular weight excluding hydrogens is 441 g/mol. The van der Waals surface area contributed by atoms with E-state index >= 15 is 0 Å². The van der Waals surface area contributed by atoms with E-state index in [-0.39, 0.29) is 17.8 Å². The fourth-order valence-electron chi connectivity index (χ4n) is 2.60. The number of ether oxygens (including phenoxy) is 1. The van der Waals surface area contributed by atoms with Crippen molar-refractivity contribution in [3.05, 3.63) is 67.5 Å². The Morgan fingerprint density at radius 3 is 2.32 bits per heavy atom. The Balaban J connectivity index is 1.77. The Morgan fingerprint density at radius 2 is 1.71 bits per heavy atom. The van der Waals surface area contributed by atoms with Crippen molar-refractivity contribution in [3.8, 4) is 5.75 Å². The van der Waals surface area contributed by atoms with Crippen LogP contribution >= 0.6 is 46.6 Å². The summed E-state index contributed by atoms with van der Waals surface area (Å²) in [5.41, 5.74) is 1.54. The maximum atomic E-state index is 12.3. The molecule has 8 heteroatoms. The Morgan fingerprint density at radius 1 is 1.07 bits per heavy atom. The summed E-state index contributed by atoms with van der Waals surface area (Å²) in [5, 5.41) is 1.02. The zero-order valence-electron chi connectivity index (χ0n) is 14.9. The summed E-state index contributed by atoms with van der Waals surface area (Å²) in [6.07, 6.45) is 2.32. The summed E-state index contributed by atoms with van der Waals surface area (Å²) in [4.78, 5) is 25.9. The first-order chi connectivity index (χ1) is 13.4. The summed E-state index contributed by atoms with van der Waals surface area (Å²) in [7, 11) is 0. The van der Waals surface area contributed by atoms with Gasteiger partial charge in [0.25, 0.3) is 11.1 Å². The lowest BCUT2D eigenvalue weighted by Crippen LogP contribution is -2.28. The first-order valence-corrected chi connectivity index (χ1v) is 10.5. The number of nitrogens with zero attached hydrogens (tertiary/aromatic N) is 1. The van der Waals surface area contributed by atoms with E-state index < -0.39 is 0 Å². The first kappa shape index (κ1) is 21.1. The quantitative estimate of drug-likeness (QED) is 0.455. The number of carbonyl (C=O) groups excluding carboxylic acids is 2. The highest BCUT2D eigenvalue weighted by molar-refractivity contribution is 8.18. The zero-order chi connectivity index (χ0) is 20.3. The van der Waals surface area contributed by atoms with Crippen LogP contribution in [0.3, 0.4) is 0 Å². The standard InChI is InChI=1S/C20H16Cl3NO3S/c1-2-7-24-19(25)17(28-20(24)26)10-13-8-15(22)18(16(23)9-13)27-11-12-3-5-14(21)6-4-12/h3-6,8-10H,2,7,11H2,1H3/b17-10+. The van der Waals surface area contributed by atoms with Crippen molar-refractivity contribution in [1.29, 1.82) is 0 Å². The molecule has 1 aliphatic heterocycles. The first-order valence-electron chi connectivity index (χ1n) is 8.50. The molecule has 2 amide bonds. The zero-order valence-corrected chi connectivity index (χ0v) is 18.0. The maximum absolute atomic E-state index is 12.3. The van der Waals surface area contributed by atoms with Gasteiger partial charge in [-0.1, -0.05) is 53.9 Å². The molecule has 0 saturated carbocycles. The summed E-state index contributed by atoms with van der Waals surface area (Å²) >= 11 is 19.4. The van der Waals surface area contributed by atoms with E-state index in [1.807, 2.05) is 19.1 Å². The smallest absolute Gasteiger partial charge is 0.293 e. The second-order valence-electron chi connectivity index (χ2n) is 6.06. The van der Waals surface area contributed by atoms with Gasteiger partial charge in [-0.3, -0.25) is 14.5 Å². The predicted octanol–water partition coefficient (Wildman–Crippen LogP) is 6.67. The van der Waals surface area contributed by atoms with Crippen molar-refractivity contribution in [2.24, 2.45) is 0 Å². The monoisotopic (exact) mass is 455 g/mol. The Bertz CT molecular complexity index is 921. The summed E-state index contributed by atoms with van der Waals surface area (Å²) in [6, 6.07) is 10.6. The molecular formula is C20H16Cl3NO3S. The third-order valence-electron chi connectivity index (χ3n) is 3.94. The summed E-state index contributed by atoms with van der Waals surface area (Å²) in [6.45, 7) is 2.60. The van der Waals surface area contributed by atoms with Gasteiger partial charge in [-0.2, -0.15) is 0 Å². The normalized spacial score (nSPS) is 15.6. The number of rotatable bonds is 6. The van der Waals surface area contributed by atoms with Gasteiger partial charge < -0.3 is 4.74 Å². The molecule has 0 aromatic heterocycles. The lowest BCUT2D eigenvalue weighted by atomic mass is 10.2. The number of hydrogen-bond acceptors (Lipinski definition) is 4. The molecule has 0 aliphatic carbocycles. The summed E-state index contributed by atoms with van der Waals surface area (Å²) < 4.78 is 5.74. The largest absolute Gasteiger partial charge is 0.486 e.